The number of nitrogens with one attached hydrogen (secondary N) is 1. The van der Waals surface area contributed by atoms with Crippen LogP contribution in [0, 0.1) is 6.92 Å². The van der Waals surface area contributed by atoms with Gasteiger partial charge in [0.2, 0.25) is 5.91 Å². The first-order valence-corrected chi connectivity index (χ1v) is 7.51. The smallest absolute Gasteiger partial charge is 0.248 e. The number of aryl methyl sites for hydroxylation is 1. The molecule has 3 aromatic rings. The summed E-state index contributed by atoms with van der Waals surface area (Å²) in [5.41, 5.74) is 2.75. The highest BCUT2D eigenvalue weighted by atomic mass is 16.2. The van der Waals surface area contributed by atoms with E-state index in [-0.39, 0.29) is 11.9 Å². The molecule has 0 aliphatic heterocycles. The number of anilines is 1. The van der Waals surface area contributed by atoms with Crippen molar-refractivity contribution >= 4 is 11.6 Å². The van der Waals surface area contributed by atoms with Crippen LogP contribution in [0.25, 0.3) is 0 Å². The lowest BCUT2D eigenvalue weighted by Gasteiger charge is -2.13. The summed E-state index contributed by atoms with van der Waals surface area (Å²) < 4.78 is 3.51. The van der Waals surface area contributed by atoms with E-state index in [2.05, 4.69) is 15.5 Å². The van der Waals surface area contributed by atoms with Crippen molar-refractivity contribution in [1.29, 1.82) is 0 Å². The Labute approximate surface area is 134 Å². The largest absolute Gasteiger partial charge is 0.324 e. The van der Waals surface area contributed by atoms with Crippen molar-refractivity contribution in [2.45, 2.75) is 26.4 Å². The molecule has 0 aliphatic rings. The molecule has 2 aromatic heterocycles. The Bertz CT molecular complexity index is 791. The molecule has 118 valence electrons. The summed E-state index contributed by atoms with van der Waals surface area (Å²) in [6.07, 6.45) is 5.47. The predicted molar refractivity (Wildman–Crippen MR) is 88.1 cm³/mol. The fourth-order valence-corrected chi connectivity index (χ4v) is 2.34. The summed E-state index contributed by atoms with van der Waals surface area (Å²) in [5.74, 6) is -0.0932. The van der Waals surface area contributed by atoms with E-state index in [1.54, 1.807) is 10.9 Å². The summed E-state index contributed by atoms with van der Waals surface area (Å²) in [6, 6.07) is 11.2. The molecule has 1 amide bonds. The molecule has 0 aliphatic carbocycles. The van der Waals surface area contributed by atoms with Crippen LogP contribution in [0.4, 0.5) is 5.69 Å². The molecular weight excluding hydrogens is 290 g/mol. The van der Waals surface area contributed by atoms with Gasteiger partial charge in [0, 0.05) is 24.3 Å². The number of aromatic nitrogens is 4. The fourth-order valence-electron chi connectivity index (χ4n) is 2.34. The molecule has 0 saturated carbocycles. The van der Waals surface area contributed by atoms with Gasteiger partial charge < -0.3 is 5.32 Å². The quantitative estimate of drug-likeness (QED) is 0.788. The third kappa shape index (κ3) is 3.66. The molecule has 0 bridgehead atoms. The summed E-state index contributed by atoms with van der Waals surface area (Å²) in [5, 5.41) is 11.4. The SMILES string of the molecule is Cc1ccn(C(C)C(=O)Nc2cccc(Cn3cccn3)c2)n1. The van der Waals surface area contributed by atoms with E-state index in [0.29, 0.717) is 6.54 Å². The molecule has 6 nitrogen and oxygen atoms in total. The molecular formula is C17H19N5O. The van der Waals surface area contributed by atoms with Crippen molar-refractivity contribution < 1.29 is 4.79 Å². The van der Waals surface area contributed by atoms with E-state index in [0.717, 1.165) is 16.9 Å². The second-order valence-corrected chi connectivity index (χ2v) is 5.51. The molecule has 0 radical (unpaired) electrons. The number of benzene rings is 1. The zero-order valence-electron chi connectivity index (χ0n) is 13.2. The first kappa shape index (κ1) is 15.0. The van der Waals surface area contributed by atoms with E-state index in [1.807, 2.05) is 67.3 Å². The number of hydrogen-bond acceptors (Lipinski definition) is 3. The third-order valence-electron chi connectivity index (χ3n) is 3.62. The third-order valence-corrected chi connectivity index (χ3v) is 3.62. The summed E-state index contributed by atoms with van der Waals surface area (Å²) >= 11 is 0. The highest BCUT2D eigenvalue weighted by Crippen LogP contribution is 2.14. The van der Waals surface area contributed by atoms with E-state index in [1.165, 1.54) is 0 Å². The molecule has 0 fully saturated rings. The molecule has 23 heavy (non-hydrogen) atoms. The first-order chi connectivity index (χ1) is 11.1. The van der Waals surface area contributed by atoms with Crippen LogP contribution >= 0.6 is 0 Å². The standard InChI is InChI=1S/C17H19N5O/c1-13-7-10-22(20-13)14(2)17(23)19-16-6-3-5-15(11-16)12-21-9-4-8-18-21/h3-11,14H,12H2,1-2H3,(H,19,23). The monoisotopic (exact) mass is 309 g/mol. The number of nitrogens with zero attached hydrogens (tertiary/aromatic N) is 4. The van der Waals surface area contributed by atoms with E-state index >= 15 is 0 Å². The van der Waals surface area contributed by atoms with Gasteiger partial charge in [0.15, 0.2) is 0 Å². The van der Waals surface area contributed by atoms with E-state index in [9.17, 15) is 4.79 Å². The molecule has 1 unspecified atom stereocenters. The second kappa shape index (κ2) is 6.48. The Morgan fingerprint density at radius 3 is 2.83 bits per heavy atom. The Balaban J connectivity index is 1.68. The van der Waals surface area contributed by atoms with Gasteiger partial charge in [-0.05, 0) is 43.7 Å². The minimum atomic E-state index is -0.363. The van der Waals surface area contributed by atoms with Crippen LogP contribution in [0.2, 0.25) is 0 Å². The van der Waals surface area contributed by atoms with E-state index < -0.39 is 0 Å². The van der Waals surface area contributed by atoms with Crippen molar-refractivity contribution in [3.05, 3.63) is 66.2 Å². The average Bonchev–Trinajstić information content (AvgIpc) is 3.18. The predicted octanol–water partition coefficient (Wildman–Crippen LogP) is 2.64. The molecule has 1 aromatic carbocycles. The van der Waals surface area contributed by atoms with Gasteiger partial charge in [-0.1, -0.05) is 12.1 Å². The summed E-state index contributed by atoms with van der Waals surface area (Å²) in [6.45, 7) is 4.40. The molecule has 6 heteroatoms. The Morgan fingerprint density at radius 1 is 1.26 bits per heavy atom. The number of carbonyl (C=O) groups excluding carboxylic acids is 1. The Hall–Kier alpha value is -2.89. The molecule has 3 rings (SSSR count). The maximum absolute atomic E-state index is 12.4. The first-order valence-electron chi connectivity index (χ1n) is 7.51. The summed E-state index contributed by atoms with van der Waals surface area (Å²) in [4.78, 5) is 12.4. The number of amides is 1. The number of carbonyl (C=O) groups is 1. The highest BCUT2D eigenvalue weighted by Gasteiger charge is 2.15. The zero-order chi connectivity index (χ0) is 16.2. The normalized spacial score (nSPS) is 12.1. The van der Waals surface area contributed by atoms with Gasteiger partial charge in [0.1, 0.15) is 6.04 Å². The topological polar surface area (TPSA) is 64.7 Å². The van der Waals surface area contributed by atoms with Gasteiger partial charge in [-0.15, -0.1) is 0 Å². The van der Waals surface area contributed by atoms with Crippen LogP contribution in [0.3, 0.4) is 0 Å². The molecule has 2 heterocycles. The minimum absolute atomic E-state index is 0.0932. The minimum Gasteiger partial charge on any atom is -0.324 e. The fraction of sp³-hybridized carbons (Fsp3) is 0.235. The second-order valence-electron chi connectivity index (χ2n) is 5.51. The zero-order valence-corrected chi connectivity index (χ0v) is 13.2. The van der Waals surface area contributed by atoms with Crippen molar-refractivity contribution in [2.24, 2.45) is 0 Å². The lowest BCUT2D eigenvalue weighted by atomic mass is 10.2. The van der Waals surface area contributed by atoms with E-state index in [4.69, 9.17) is 0 Å². The van der Waals surface area contributed by atoms with Crippen LogP contribution in [-0.2, 0) is 11.3 Å². The van der Waals surface area contributed by atoms with Crippen molar-refractivity contribution in [3.63, 3.8) is 0 Å². The average molecular weight is 309 g/mol. The molecule has 1 N–H and O–H groups in total. The van der Waals surface area contributed by atoms with Gasteiger partial charge in [-0.25, -0.2) is 0 Å². The van der Waals surface area contributed by atoms with Crippen molar-refractivity contribution in [2.75, 3.05) is 5.32 Å². The summed E-state index contributed by atoms with van der Waals surface area (Å²) in [7, 11) is 0. The lowest BCUT2D eigenvalue weighted by Crippen LogP contribution is -2.24. The van der Waals surface area contributed by atoms with Gasteiger partial charge in [-0.2, -0.15) is 10.2 Å². The maximum Gasteiger partial charge on any atom is 0.248 e. The number of hydrogen-bond donors (Lipinski definition) is 1. The molecule has 0 saturated heterocycles. The van der Waals surface area contributed by atoms with Crippen LogP contribution in [0.1, 0.15) is 24.2 Å². The molecule has 0 spiro atoms. The van der Waals surface area contributed by atoms with Gasteiger partial charge in [-0.3, -0.25) is 14.2 Å². The number of rotatable bonds is 5. The Morgan fingerprint density at radius 2 is 2.13 bits per heavy atom. The lowest BCUT2D eigenvalue weighted by molar-refractivity contribution is -0.119. The highest BCUT2D eigenvalue weighted by molar-refractivity contribution is 5.93. The Kier molecular flexibility index (Phi) is 4.23. The van der Waals surface area contributed by atoms with Gasteiger partial charge >= 0.3 is 0 Å². The van der Waals surface area contributed by atoms with Crippen LogP contribution < -0.4 is 5.32 Å². The van der Waals surface area contributed by atoms with Crippen LogP contribution in [0.5, 0.6) is 0 Å². The van der Waals surface area contributed by atoms with Gasteiger partial charge in [0.25, 0.3) is 0 Å². The van der Waals surface area contributed by atoms with Crippen LogP contribution in [0.15, 0.2) is 55.0 Å². The maximum atomic E-state index is 12.4. The van der Waals surface area contributed by atoms with Gasteiger partial charge in [0.05, 0.1) is 12.2 Å². The van der Waals surface area contributed by atoms with Crippen LogP contribution in [-0.4, -0.2) is 25.5 Å². The van der Waals surface area contributed by atoms with Crippen molar-refractivity contribution in [1.82, 2.24) is 19.6 Å². The van der Waals surface area contributed by atoms with Crippen molar-refractivity contribution in [3.8, 4) is 0 Å². The molecule has 1 atom stereocenters.